The van der Waals surface area contributed by atoms with E-state index in [9.17, 15) is 9.18 Å². The fourth-order valence-corrected chi connectivity index (χ4v) is 1.50. The Hall–Kier alpha value is -1.22. The second-order valence-electron chi connectivity index (χ2n) is 4.10. The van der Waals surface area contributed by atoms with Gasteiger partial charge in [-0.1, -0.05) is 18.6 Å². The molecule has 0 N–H and O–H groups in total. The number of Topliss-reactive ketones (excluding diaryl/α,β-unsaturated/α-hetero) is 1. The van der Waals surface area contributed by atoms with Gasteiger partial charge in [0.1, 0.15) is 11.4 Å². The fourth-order valence-electron chi connectivity index (χ4n) is 1.50. The van der Waals surface area contributed by atoms with Crippen LogP contribution >= 0.6 is 0 Å². The van der Waals surface area contributed by atoms with Crippen molar-refractivity contribution in [2.45, 2.75) is 32.8 Å². The first-order valence-corrected chi connectivity index (χ1v) is 5.30. The van der Waals surface area contributed by atoms with Crippen molar-refractivity contribution < 1.29 is 13.9 Å². The number of aryl methyl sites for hydroxylation is 1. The molecule has 1 aromatic carbocycles. The van der Waals surface area contributed by atoms with E-state index in [0.717, 1.165) is 5.56 Å². The molecule has 16 heavy (non-hydrogen) atoms. The lowest BCUT2D eigenvalue weighted by Crippen LogP contribution is -2.37. The molecular weight excluding hydrogens is 207 g/mol. The Balaban J connectivity index is 3.18. The summed E-state index contributed by atoms with van der Waals surface area (Å²) in [5.41, 5.74) is 0.0137. The van der Waals surface area contributed by atoms with Gasteiger partial charge in [-0.05, 0) is 32.4 Å². The molecular formula is C13H17FO2. The largest absolute Gasteiger partial charge is 0.370 e. The molecule has 0 bridgehead atoms. The Morgan fingerprint density at radius 2 is 2.12 bits per heavy atom. The van der Waals surface area contributed by atoms with E-state index in [1.54, 1.807) is 19.1 Å². The molecule has 0 saturated carbocycles. The lowest BCUT2D eigenvalue weighted by molar-refractivity contribution is 0.0102. The number of hydrogen-bond donors (Lipinski definition) is 0. The Bertz CT molecular complexity index is 395. The normalized spacial score (nSPS) is 14.6. The van der Waals surface area contributed by atoms with Crippen LogP contribution in [-0.4, -0.2) is 18.5 Å². The van der Waals surface area contributed by atoms with E-state index in [2.05, 4.69) is 0 Å². The van der Waals surface area contributed by atoms with Crippen LogP contribution in [0.5, 0.6) is 0 Å². The molecule has 1 aromatic rings. The molecule has 0 amide bonds. The van der Waals surface area contributed by atoms with Gasteiger partial charge in [0.2, 0.25) is 0 Å². The lowest BCUT2D eigenvalue weighted by Gasteiger charge is -2.25. The molecule has 3 heteroatoms. The summed E-state index contributed by atoms with van der Waals surface area (Å²) in [7, 11) is 1.47. The Morgan fingerprint density at radius 3 is 2.62 bits per heavy atom. The van der Waals surface area contributed by atoms with Crippen LogP contribution in [0.1, 0.15) is 36.2 Å². The smallest absolute Gasteiger partial charge is 0.197 e. The van der Waals surface area contributed by atoms with Crippen LogP contribution in [0.15, 0.2) is 18.2 Å². The minimum Gasteiger partial charge on any atom is -0.370 e. The highest BCUT2D eigenvalue weighted by Gasteiger charge is 2.33. The predicted molar refractivity (Wildman–Crippen MR) is 61.2 cm³/mol. The van der Waals surface area contributed by atoms with Gasteiger partial charge in [-0.3, -0.25) is 4.79 Å². The van der Waals surface area contributed by atoms with E-state index in [1.807, 2.05) is 13.8 Å². The molecule has 0 aliphatic heterocycles. The van der Waals surface area contributed by atoms with Crippen LogP contribution in [0.2, 0.25) is 0 Å². The van der Waals surface area contributed by atoms with Crippen molar-refractivity contribution >= 4 is 5.78 Å². The van der Waals surface area contributed by atoms with Crippen molar-refractivity contribution in [2.75, 3.05) is 7.11 Å². The average Bonchev–Trinajstić information content (AvgIpc) is 2.30. The highest BCUT2D eigenvalue weighted by atomic mass is 19.1. The highest BCUT2D eigenvalue weighted by Crippen LogP contribution is 2.23. The molecule has 0 aromatic heterocycles. The fraction of sp³-hybridized carbons (Fsp3) is 0.462. The molecule has 1 rings (SSSR count). The molecule has 0 fully saturated rings. The predicted octanol–water partition coefficient (Wildman–Crippen LogP) is 3.13. The summed E-state index contributed by atoms with van der Waals surface area (Å²) < 4.78 is 18.7. The van der Waals surface area contributed by atoms with Gasteiger partial charge >= 0.3 is 0 Å². The van der Waals surface area contributed by atoms with Crippen molar-refractivity contribution in [3.05, 3.63) is 35.1 Å². The molecule has 0 aliphatic carbocycles. The quantitative estimate of drug-likeness (QED) is 0.734. The summed E-state index contributed by atoms with van der Waals surface area (Å²) in [4.78, 5) is 12.1. The van der Waals surface area contributed by atoms with Gasteiger partial charge in [-0.2, -0.15) is 0 Å². The summed E-state index contributed by atoms with van der Waals surface area (Å²) in [5, 5.41) is 0. The molecule has 0 radical (unpaired) electrons. The molecule has 0 aliphatic rings. The zero-order valence-corrected chi connectivity index (χ0v) is 10.1. The summed E-state index contributed by atoms with van der Waals surface area (Å²) in [6.45, 7) is 5.35. The van der Waals surface area contributed by atoms with Crippen LogP contribution < -0.4 is 0 Å². The van der Waals surface area contributed by atoms with E-state index in [4.69, 9.17) is 4.74 Å². The van der Waals surface area contributed by atoms with Gasteiger partial charge in [-0.25, -0.2) is 4.39 Å². The number of halogens is 1. The summed E-state index contributed by atoms with van der Waals surface area (Å²) >= 11 is 0. The molecule has 2 nitrogen and oxygen atoms in total. The number of rotatable bonds is 4. The average molecular weight is 224 g/mol. The number of ketones is 1. The van der Waals surface area contributed by atoms with Gasteiger partial charge in [0.05, 0.1) is 5.56 Å². The minimum atomic E-state index is -0.950. The second-order valence-corrected chi connectivity index (χ2v) is 4.10. The first kappa shape index (κ1) is 12.8. The SMILES string of the molecule is CCC(C)(OC)C(=O)c1cc(C)ccc1F. The number of hydrogen-bond acceptors (Lipinski definition) is 2. The maximum absolute atomic E-state index is 13.5. The van der Waals surface area contributed by atoms with Gasteiger partial charge < -0.3 is 4.74 Å². The summed E-state index contributed by atoms with van der Waals surface area (Å²) in [6.07, 6.45) is 0.510. The summed E-state index contributed by atoms with van der Waals surface area (Å²) in [6, 6.07) is 4.51. The Labute approximate surface area is 95.4 Å². The molecule has 1 atom stereocenters. The zero-order valence-electron chi connectivity index (χ0n) is 10.1. The summed E-state index contributed by atoms with van der Waals surface area (Å²) in [5.74, 6) is -0.800. The van der Waals surface area contributed by atoms with Crippen LogP contribution in [0, 0.1) is 12.7 Å². The zero-order chi connectivity index (χ0) is 12.3. The topological polar surface area (TPSA) is 26.3 Å². The number of benzene rings is 1. The van der Waals surface area contributed by atoms with Crippen LogP contribution in [0.4, 0.5) is 4.39 Å². The molecule has 0 spiro atoms. The molecule has 88 valence electrons. The van der Waals surface area contributed by atoms with Gasteiger partial charge in [0, 0.05) is 7.11 Å². The van der Waals surface area contributed by atoms with E-state index in [-0.39, 0.29) is 11.3 Å². The number of carbonyl (C=O) groups excluding carboxylic acids is 1. The highest BCUT2D eigenvalue weighted by molar-refractivity contribution is 6.02. The Kier molecular flexibility index (Phi) is 3.81. The van der Waals surface area contributed by atoms with E-state index < -0.39 is 11.4 Å². The number of ether oxygens (including phenoxy) is 1. The maximum Gasteiger partial charge on any atom is 0.197 e. The van der Waals surface area contributed by atoms with Crippen molar-refractivity contribution in [1.82, 2.24) is 0 Å². The Morgan fingerprint density at radius 1 is 1.50 bits per heavy atom. The minimum absolute atomic E-state index is 0.103. The van der Waals surface area contributed by atoms with E-state index in [1.165, 1.54) is 13.2 Å². The lowest BCUT2D eigenvalue weighted by atomic mass is 9.91. The van der Waals surface area contributed by atoms with Gasteiger partial charge in [0.15, 0.2) is 5.78 Å². The van der Waals surface area contributed by atoms with Crippen LogP contribution in [0.25, 0.3) is 0 Å². The van der Waals surface area contributed by atoms with Crippen LogP contribution in [-0.2, 0) is 4.74 Å². The van der Waals surface area contributed by atoms with Crippen LogP contribution in [0.3, 0.4) is 0 Å². The third-order valence-electron chi connectivity index (χ3n) is 2.97. The third kappa shape index (κ3) is 2.30. The molecule has 1 unspecified atom stereocenters. The second kappa shape index (κ2) is 4.74. The first-order chi connectivity index (χ1) is 7.44. The third-order valence-corrected chi connectivity index (χ3v) is 2.97. The standard InChI is InChI=1S/C13H17FO2/c1-5-13(3,16-4)12(15)10-8-9(2)6-7-11(10)14/h6-8H,5H2,1-4H3. The number of methoxy groups -OCH3 is 1. The van der Waals surface area contributed by atoms with Gasteiger partial charge in [-0.15, -0.1) is 0 Å². The van der Waals surface area contributed by atoms with E-state index in [0.29, 0.717) is 6.42 Å². The van der Waals surface area contributed by atoms with Crippen molar-refractivity contribution in [2.24, 2.45) is 0 Å². The first-order valence-electron chi connectivity index (χ1n) is 5.30. The number of carbonyl (C=O) groups is 1. The van der Waals surface area contributed by atoms with Gasteiger partial charge in [0.25, 0.3) is 0 Å². The van der Waals surface area contributed by atoms with Crippen molar-refractivity contribution in [1.29, 1.82) is 0 Å². The molecule has 0 saturated heterocycles. The molecule has 0 heterocycles. The maximum atomic E-state index is 13.5. The van der Waals surface area contributed by atoms with Crippen molar-refractivity contribution in [3.8, 4) is 0 Å². The monoisotopic (exact) mass is 224 g/mol. The van der Waals surface area contributed by atoms with E-state index >= 15 is 0 Å². The van der Waals surface area contributed by atoms with Crippen molar-refractivity contribution in [3.63, 3.8) is 0 Å².